The van der Waals surface area contributed by atoms with E-state index in [9.17, 15) is 9.59 Å². The fourth-order valence-electron chi connectivity index (χ4n) is 3.18. The Labute approximate surface area is 160 Å². The molecular formula is C21H26N4O2. The Morgan fingerprint density at radius 2 is 1.70 bits per heavy atom. The molecule has 0 saturated carbocycles. The van der Waals surface area contributed by atoms with Crippen LogP contribution >= 0.6 is 0 Å². The van der Waals surface area contributed by atoms with Crippen molar-refractivity contribution in [3.63, 3.8) is 0 Å². The maximum Gasteiger partial charge on any atom is 0.272 e. The van der Waals surface area contributed by atoms with Crippen LogP contribution in [0.25, 0.3) is 0 Å². The minimum atomic E-state index is -0.274. The van der Waals surface area contributed by atoms with Crippen molar-refractivity contribution in [3.8, 4) is 0 Å². The smallest absolute Gasteiger partial charge is 0.272 e. The Bertz CT molecular complexity index is 813. The van der Waals surface area contributed by atoms with E-state index < -0.39 is 0 Å². The van der Waals surface area contributed by atoms with Gasteiger partial charge in [-0.05, 0) is 36.7 Å². The van der Waals surface area contributed by atoms with Gasteiger partial charge in [0.05, 0.1) is 0 Å². The fourth-order valence-corrected chi connectivity index (χ4v) is 3.18. The number of aryl methyl sites for hydroxylation is 1. The first-order chi connectivity index (χ1) is 13.1. The molecule has 1 fully saturated rings. The van der Waals surface area contributed by atoms with Gasteiger partial charge in [-0.1, -0.05) is 37.3 Å². The molecule has 2 amide bonds. The van der Waals surface area contributed by atoms with Crippen LogP contribution in [0, 0.1) is 6.92 Å². The van der Waals surface area contributed by atoms with Gasteiger partial charge >= 0.3 is 0 Å². The molecule has 1 N–H and O–H groups in total. The maximum absolute atomic E-state index is 12.7. The normalized spacial score (nSPS) is 14.8. The van der Waals surface area contributed by atoms with Gasteiger partial charge in [-0.3, -0.25) is 9.59 Å². The van der Waals surface area contributed by atoms with E-state index in [0.29, 0.717) is 25.3 Å². The molecule has 1 aliphatic heterocycles. The molecule has 0 atom stereocenters. The van der Waals surface area contributed by atoms with Crippen molar-refractivity contribution in [2.24, 2.45) is 0 Å². The summed E-state index contributed by atoms with van der Waals surface area (Å²) in [5.74, 6) is -0.386. The Morgan fingerprint density at radius 3 is 2.41 bits per heavy atom. The third-order valence-electron chi connectivity index (χ3n) is 5.01. The van der Waals surface area contributed by atoms with Crippen molar-refractivity contribution in [1.29, 1.82) is 0 Å². The van der Waals surface area contributed by atoms with Crippen LogP contribution in [-0.4, -0.2) is 59.3 Å². The lowest BCUT2D eigenvalue weighted by Crippen LogP contribution is -2.48. The van der Waals surface area contributed by atoms with Crippen LogP contribution in [-0.2, 0) is 6.54 Å². The van der Waals surface area contributed by atoms with Gasteiger partial charge in [0.1, 0.15) is 11.4 Å². The summed E-state index contributed by atoms with van der Waals surface area (Å²) in [5.41, 5.74) is 2.78. The monoisotopic (exact) mass is 366 g/mol. The first-order valence-corrected chi connectivity index (χ1v) is 9.40. The van der Waals surface area contributed by atoms with Crippen molar-refractivity contribution >= 4 is 11.8 Å². The predicted molar refractivity (Wildman–Crippen MR) is 105 cm³/mol. The van der Waals surface area contributed by atoms with E-state index in [-0.39, 0.29) is 17.5 Å². The van der Waals surface area contributed by atoms with Crippen LogP contribution in [0.15, 0.2) is 42.5 Å². The average molecular weight is 366 g/mol. The molecule has 0 spiro atoms. The minimum absolute atomic E-state index is 0.112. The van der Waals surface area contributed by atoms with E-state index in [1.165, 1.54) is 0 Å². The standard InChI is InChI=1S/C21H26N4O2/c1-3-24-11-13-25(14-12-24)21(27)19-10-6-9-18(23-19)20(26)22-15-17-8-5-4-7-16(17)2/h4-10H,3,11-15H2,1-2H3,(H,22,26). The van der Waals surface area contributed by atoms with E-state index >= 15 is 0 Å². The first-order valence-electron chi connectivity index (χ1n) is 9.40. The van der Waals surface area contributed by atoms with E-state index in [2.05, 4.69) is 22.1 Å². The highest BCUT2D eigenvalue weighted by molar-refractivity contribution is 5.96. The third-order valence-corrected chi connectivity index (χ3v) is 5.01. The van der Waals surface area contributed by atoms with Crippen molar-refractivity contribution < 1.29 is 9.59 Å². The Kier molecular flexibility index (Phi) is 6.19. The Balaban J connectivity index is 1.63. The second-order valence-corrected chi connectivity index (χ2v) is 6.74. The number of hydrogen-bond donors (Lipinski definition) is 1. The largest absolute Gasteiger partial charge is 0.347 e. The number of likely N-dealkylation sites (N-methyl/N-ethyl adjacent to an activating group) is 1. The molecule has 0 bridgehead atoms. The molecule has 142 valence electrons. The summed E-state index contributed by atoms with van der Waals surface area (Å²) in [4.78, 5) is 33.6. The highest BCUT2D eigenvalue weighted by Gasteiger charge is 2.22. The van der Waals surface area contributed by atoms with Gasteiger partial charge in [-0.25, -0.2) is 4.98 Å². The summed E-state index contributed by atoms with van der Waals surface area (Å²) >= 11 is 0. The quantitative estimate of drug-likeness (QED) is 0.880. The average Bonchev–Trinajstić information content (AvgIpc) is 2.72. The minimum Gasteiger partial charge on any atom is -0.347 e. The predicted octanol–water partition coefficient (Wildman–Crippen LogP) is 2.10. The molecule has 6 nitrogen and oxygen atoms in total. The van der Waals surface area contributed by atoms with Gasteiger partial charge in [0.2, 0.25) is 0 Å². The molecular weight excluding hydrogens is 340 g/mol. The number of hydrogen-bond acceptors (Lipinski definition) is 4. The number of rotatable bonds is 5. The van der Waals surface area contributed by atoms with Crippen LogP contribution in [0.4, 0.5) is 0 Å². The molecule has 27 heavy (non-hydrogen) atoms. The molecule has 2 aromatic rings. The van der Waals surface area contributed by atoms with Gasteiger partial charge in [0.15, 0.2) is 0 Å². The molecule has 0 aliphatic carbocycles. The molecule has 1 aromatic carbocycles. The molecule has 2 heterocycles. The molecule has 3 rings (SSSR count). The first kappa shape index (κ1) is 19.0. The van der Waals surface area contributed by atoms with Crippen LogP contribution in [0.1, 0.15) is 39.0 Å². The lowest BCUT2D eigenvalue weighted by Gasteiger charge is -2.33. The number of carbonyl (C=O) groups is 2. The molecule has 6 heteroatoms. The van der Waals surface area contributed by atoms with Crippen LogP contribution < -0.4 is 5.32 Å². The summed E-state index contributed by atoms with van der Waals surface area (Å²) in [6.45, 7) is 8.70. The lowest BCUT2D eigenvalue weighted by molar-refractivity contribution is 0.0637. The van der Waals surface area contributed by atoms with Gasteiger partial charge in [0, 0.05) is 32.7 Å². The number of carbonyl (C=O) groups excluding carboxylic acids is 2. The summed E-state index contributed by atoms with van der Waals surface area (Å²) in [6.07, 6.45) is 0. The lowest BCUT2D eigenvalue weighted by atomic mass is 10.1. The van der Waals surface area contributed by atoms with Gasteiger partial charge in [0.25, 0.3) is 11.8 Å². The summed E-state index contributed by atoms with van der Waals surface area (Å²) in [7, 11) is 0. The summed E-state index contributed by atoms with van der Waals surface area (Å²) < 4.78 is 0. The van der Waals surface area contributed by atoms with Crippen LogP contribution in [0.3, 0.4) is 0 Å². The van der Waals surface area contributed by atoms with Gasteiger partial charge in [-0.2, -0.15) is 0 Å². The van der Waals surface area contributed by atoms with E-state index in [1.807, 2.05) is 36.1 Å². The zero-order chi connectivity index (χ0) is 19.2. The Hall–Kier alpha value is -2.73. The molecule has 0 radical (unpaired) electrons. The molecule has 1 saturated heterocycles. The second kappa shape index (κ2) is 8.77. The number of nitrogens with zero attached hydrogens (tertiary/aromatic N) is 3. The Morgan fingerprint density at radius 1 is 1.00 bits per heavy atom. The van der Waals surface area contributed by atoms with Gasteiger partial charge in [-0.15, -0.1) is 0 Å². The highest BCUT2D eigenvalue weighted by Crippen LogP contribution is 2.09. The third kappa shape index (κ3) is 4.71. The van der Waals surface area contributed by atoms with Crippen molar-refractivity contribution in [2.75, 3.05) is 32.7 Å². The van der Waals surface area contributed by atoms with Crippen molar-refractivity contribution in [1.82, 2.24) is 20.1 Å². The summed E-state index contributed by atoms with van der Waals surface area (Å²) in [5, 5.41) is 2.88. The van der Waals surface area contributed by atoms with Crippen molar-refractivity contribution in [3.05, 3.63) is 65.0 Å². The topological polar surface area (TPSA) is 65.5 Å². The SMILES string of the molecule is CCN1CCN(C(=O)c2cccc(C(=O)NCc3ccccc3C)n2)CC1. The van der Waals surface area contributed by atoms with E-state index in [1.54, 1.807) is 18.2 Å². The number of amides is 2. The molecule has 1 aliphatic rings. The van der Waals surface area contributed by atoms with E-state index in [0.717, 1.165) is 30.8 Å². The molecule has 1 aromatic heterocycles. The zero-order valence-electron chi connectivity index (χ0n) is 15.9. The van der Waals surface area contributed by atoms with Crippen LogP contribution in [0.2, 0.25) is 0 Å². The number of nitrogens with one attached hydrogen (secondary N) is 1. The highest BCUT2D eigenvalue weighted by atomic mass is 16.2. The maximum atomic E-state index is 12.7. The second-order valence-electron chi connectivity index (χ2n) is 6.74. The number of pyridine rings is 1. The van der Waals surface area contributed by atoms with Crippen LogP contribution in [0.5, 0.6) is 0 Å². The van der Waals surface area contributed by atoms with Gasteiger partial charge < -0.3 is 15.1 Å². The fraction of sp³-hybridized carbons (Fsp3) is 0.381. The number of benzene rings is 1. The zero-order valence-corrected chi connectivity index (χ0v) is 15.9. The molecule has 0 unspecified atom stereocenters. The number of piperazine rings is 1. The van der Waals surface area contributed by atoms with Crippen molar-refractivity contribution in [2.45, 2.75) is 20.4 Å². The number of aromatic nitrogens is 1. The summed E-state index contributed by atoms with van der Waals surface area (Å²) in [6, 6.07) is 12.9. The van der Waals surface area contributed by atoms with E-state index in [4.69, 9.17) is 0 Å².